The van der Waals surface area contributed by atoms with Gasteiger partial charge in [-0.05, 0) is 34.9 Å². The Labute approximate surface area is 131 Å². The van der Waals surface area contributed by atoms with Gasteiger partial charge in [0.15, 0.2) is 0 Å². The van der Waals surface area contributed by atoms with Gasteiger partial charge in [0.2, 0.25) is 0 Å². The number of nitrogens with zero attached hydrogens (tertiary/aromatic N) is 1. The summed E-state index contributed by atoms with van der Waals surface area (Å²) in [5.41, 5.74) is 2.66. The van der Waals surface area contributed by atoms with E-state index in [1.165, 1.54) is 6.33 Å². The van der Waals surface area contributed by atoms with Gasteiger partial charge in [-0.25, -0.2) is 4.98 Å². The van der Waals surface area contributed by atoms with Gasteiger partial charge in [-0.1, -0.05) is 12.1 Å². The quantitative estimate of drug-likeness (QED) is 0.721. The SMILES string of the molecule is COCc1cc(C=O)ccc1-c1cc(O)c2nc[nH]c(=O)c2c1. The normalized spacial score (nSPS) is 10.8. The van der Waals surface area contributed by atoms with Gasteiger partial charge in [0.05, 0.1) is 18.3 Å². The van der Waals surface area contributed by atoms with E-state index in [4.69, 9.17) is 4.74 Å². The fraction of sp³-hybridized carbons (Fsp3) is 0.118. The Hall–Kier alpha value is -2.99. The van der Waals surface area contributed by atoms with E-state index in [1.807, 2.05) is 0 Å². The van der Waals surface area contributed by atoms with Crippen molar-refractivity contribution in [3.8, 4) is 16.9 Å². The highest BCUT2D eigenvalue weighted by Crippen LogP contribution is 2.31. The zero-order valence-corrected chi connectivity index (χ0v) is 12.4. The molecular formula is C17H14N2O4. The minimum absolute atomic E-state index is 0.0774. The molecule has 6 heteroatoms. The molecular weight excluding hydrogens is 296 g/mol. The van der Waals surface area contributed by atoms with Gasteiger partial charge in [0.1, 0.15) is 17.6 Å². The zero-order valence-electron chi connectivity index (χ0n) is 12.4. The molecule has 23 heavy (non-hydrogen) atoms. The predicted molar refractivity (Wildman–Crippen MR) is 85.6 cm³/mol. The van der Waals surface area contributed by atoms with Crippen LogP contribution in [0.3, 0.4) is 0 Å². The standard InChI is InChI=1S/C17H14N2O4/c1-23-8-12-4-10(7-20)2-3-13(12)11-5-14-16(15(21)6-11)18-9-19-17(14)22/h2-7,9,21H,8H2,1H3,(H,18,19,22). The van der Waals surface area contributed by atoms with E-state index in [0.717, 1.165) is 17.4 Å². The molecule has 1 heterocycles. The van der Waals surface area contributed by atoms with Crippen molar-refractivity contribution in [3.05, 3.63) is 58.1 Å². The molecule has 0 amide bonds. The zero-order chi connectivity index (χ0) is 16.4. The first-order valence-electron chi connectivity index (χ1n) is 6.92. The maximum atomic E-state index is 11.9. The summed E-state index contributed by atoms with van der Waals surface area (Å²) in [5.74, 6) is -0.0774. The van der Waals surface area contributed by atoms with E-state index >= 15 is 0 Å². The fourth-order valence-corrected chi connectivity index (χ4v) is 2.56. The number of methoxy groups -OCH3 is 1. The number of H-pyrrole nitrogens is 1. The number of rotatable bonds is 4. The number of hydrogen-bond donors (Lipinski definition) is 2. The van der Waals surface area contributed by atoms with Crippen molar-refractivity contribution in [3.63, 3.8) is 0 Å². The average molecular weight is 310 g/mol. The van der Waals surface area contributed by atoms with Crippen LogP contribution in [0.5, 0.6) is 5.75 Å². The Bertz CT molecular complexity index is 947. The minimum atomic E-state index is -0.329. The maximum Gasteiger partial charge on any atom is 0.258 e. The number of benzene rings is 2. The van der Waals surface area contributed by atoms with Gasteiger partial charge in [-0.2, -0.15) is 0 Å². The summed E-state index contributed by atoms with van der Waals surface area (Å²) < 4.78 is 5.17. The van der Waals surface area contributed by atoms with Crippen LogP contribution in [0.2, 0.25) is 0 Å². The Morgan fingerprint density at radius 2 is 2.13 bits per heavy atom. The van der Waals surface area contributed by atoms with Gasteiger partial charge in [0.25, 0.3) is 5.56 Å². The molecule has 0 unspecified atom stereocenters. The molecule has 0 bridgehead atoms. The van der Waals surface area contributed by atoms with Crippen molar-refractivity contribution in [1.82, 2.24) is 9.97 Å². The molecule has 6 nitrogen and oxygen atoms in total. The van der Waals surface area contributed by atoms with E-state index in [0.29, 0.717) is 23.1 Å². The molecule has 2 aromatic carbocycles. The summed E-state index contributed by atoms with van der Waals surface area (Å²) in [7, 11) is 1.56. The van der Waals surface area contributed by atoms with Gasteiger partial charge < -0.3 is 14.8 Å². The molecule has 0 spiro atoms. The number of aromatic amines is 1. The van der Waals surface area contributed by atoms with E-state index in [1.54, 1.807) is 37.4 Å². The predicted octanol–water partition coefficient (Wildman–Crippen LogP) is 2.25. The number of carbonyl (C=O) groups excluding carboxylic acids is 1. The van der Waals surface area contributed by atoms with Crippen LogP contribution in [0.1, 0.15) is 15.9 Å². The van der Waals surface area contributed by atoms with Crippen molar-refractivity contribution in [1.29, 1.82) is 0 Å². The topological polar surface area (TPSA) is 92.3 Å². The molecule has 1 aromatic heterocycles. The Balaban J connectivity index is 2.26. The molecule has 2 N–H and O–H groups in total. The third-order valence-corrected chi connectivity index (χ3v) is 3.60. The van der Waals surface area contributed by atoms with Crippen molar-refractivity contribution in [2.45, 2.75) is 6.61 Å². The average Bonchev–Trinajstić information content (AvgIpc) is 2.56. The van der Waals surface area contributed by atoms with E-state index in [9.17, 15) is 14.7 Å². The largest absolute Gasteiger partial charge is 0.506 e. The molecule has 0 saturated carbocycles. The van der Waals surface area contributed by atoms with Crippen LogP contribution in [0.4, 0.5) is 0 Å². The van der Waals surface area contributed by atoms with Crippen LogP contribution in [0.15, 0.2) is 41.5 Å². The first kappa shape index (κ1) is 14.9. The summed E-state index contributed by atoms with van der Waals surface area (Å²) in [6, 6.07) is 8.37. The molecule has 0 saturated heterocycles. The highest BCUT2D eigenvalue weighted by atomic mass is 16.5. The van der Waals surface area contributed by atoms with Crippen LogP contribution in [-0.4, -0.2) is 28.5 Å². The molecule has 0 atom stereocenters. The minimum Gasteiger partial charge on any atom is -0.506 e. The lowest BCUT2D eigenvalue weighted by atomic mass is 9.96. The number of phenolic OH excluding ortho intramolecular Hbond substituents is 1. The third kappa shape index (κ3) is 2.72. The molecule has 0 aliphatic carbocycles. The first-order chi connectivity index (χ1) is 11.1. The Kier molecular flexibility index (Phi) is 3.91. The number of fused-ring (bicyclic) bond motifs is 1. The molecule has 0 aliphatic rings. The first-order valence-corrected chi connectivity index (χ1v) is 6.92. The summed E-state index contributed by atoms with van der Waals surface area (Å²) in [5, 5.41) is 10.5. The molecule has 0 fully saturated rings. The second-order valence-electron chi connectivity index (χ2n) is 5.09. The Morgan fingerprint density at radius 3 is 2.87 bits per heavy atom. The van der Waals surface area contributed by atoms with Crippen molar-refractivity contribution in [2.24, 2.45) is 0 Å². The highest BCUT2D eigenvalue weighted by molar-refractivity contribution is 5.89. The second kappa shape index (κ2) is 6.02. The van der Waals surface area contributed by atoms with Crippen molar-refractivity contribution >= 4 is 17.2 Å². The maximum absolute atomic E-state index is 11.9. The smallest absolute Gasteiger partial charge is 0.258 e. The lowest BCUT2D eigenvalue weighted by Gasteiger charge is -2.11. The van der Waals surface area contributed by atoms with Crippen molar-refractivity contribution in [2.75, 3.05) is 7.11 Å². The fourth-order valence-electron chi connectivity index (χ4n) is 2.56. The molecule has 0 radical (unpaired) electrons. The molecule has 0 aliphatic heterocycles. The highest BCUT2D eigenvalue weighted by Gasteiger charge is 2.12. The van der Waals surface area contributed by atoms with Crippen LogP contribution in [0.25, 0.3) is 22.0 Å². The van der Waals surface area contributed by atoms with Crippen LogP contribution in [-0.2, 0) is 11.3 Å². The van der Waals surface area contributed by atoms with Gasteiger partial charge in [-0.3, -0.25) is 9.59 Å². The van der Waals surface area contributed by atoms with Crippen LogP contribution >= 0.6 is 0 Å². The van der Waals surface area contributed by atoms with Crippen LogP contribution in [0, 0.1) is 0 Å². The number of carbonyl (C=O) groups is 1. The number of phenols is 1. The number of hydrogen-bond acceptors (Lipinski definition) is 5. The van der Waals surface area contributed by atoms with Gasteiger partial charge in [0, 0.05) is 12.7 Å². The number of nitrogens with one attached hydrogen (secondary N) is 1. The van der Waals surface area contributed by atoms with Crippen LogP contribution < -0.4 is 5.56 Å². The lowest BCUT2D eigenvalue weighted by Crippen LogP contribution is -2.06. The van der Waals surface area contributed by atoms with Gasteiger partial charge >= 0.3 is 0 Å². The van der Waals surface area contributed by atoms with Crippen molar-refractivity contribution < 1.29 is 14.6 Å². The second-order valence-corrected chi connectivity index (χ2v) is 5.09. The number of aldehydes is 1. The van der Waals surface area contributed by atoms with Gasteiger partial charge in [-0.15, -0.1) is 0 Å². The molecule has 3 aromatic rings. The number of ether oxygens (including phenoxy) is 1. The third-order valence-electron chi connectivity index (χ3n) is 3.60. The Morgan fingerprint density at radius 1 is 1.30 bits per heavy atom. The lowest BCUT2D eigenvalue weighted by molar-refractivity contribution is 0.112. The summed E-state index contributed by atoms with van der Waals surface area (Å²) in [4.78, 5) is 29.4. The summed E-state index contributed by atoms with van der Waals surface area (Å²) >= 11 is 0. The monoisotopic (exact) mass is 310 g/mol. The number of aromatic nitrogens is 2. The molecule has 3 rings (SSSR count). The van der Waals surface area contributed by atoms with E-state index < -0.39 is 0 Å². The number of aromatic hydroxyl groups is 1. The summed E-state index contributed by atoms with van der Waals surface area (Å²) in [6.07, 6.45) is 2.01. The van der Waals surface area contributed by atoms with E-state index in [2.05, 4.69) is 9.97 Å². The van der Waals surface area contributed by atoms with E-state index in [-0.39, 0.29) is 16.8 Å². The molecule has 116 valence electrons. The summed E-state index contributed by atoms with van der Waals surface area (Å²) in [6.45, 7) is 0.305.